The monoisotopic (exact) mass is 360 g/mol. The molecule has 1 saturated heterocycles. The first-order chi connectivity index (χ1) is 13.2. The van der Waals surface area contributed by atoms with Crippen LogP contribution in [0, 0.1) is 6.92 Å². The lowest BCUT2D eigenvalue weighted by molar-refractivity contribution is -0.133. The number of nitrogens with zero attached hydrogens (tertiary/aromatic N) is 2. The summed E-state index contributed by atoms with van der Waals surface area (Å²) in [5, 5.41) is 2.29. The molecule has 0 aliphatic carbocycles. The number of amides is 1. The standard InChI is InChI=1S/C23H24N2O2/c1-18-5-4-8-21(15-18)24-11-13-25(14-12-24)23(26)17-27-22-10-9-19-6-2-3-7-20(19)16-22/h2-10,15-16H,11-14,17H2,1H3. The Labute approximate surface area is 160 Å². The molecule has 138 valence electrons. The SMILES string of the molecule is Cc1cccc(N2CCN(C(=O)COc3ccc4ccccc4c3)CC2)c1. The van der Waals surface area contributed by atoms with Crippen LogP contribution in [0.25, 0.3) is 10.8 Å². The maximum absolute atomic E-state index is 12.5. The molecule has 0 unspecified atom stereocenters. The normalized spacial score (nSPS) is 14.4. The van der Waals surface area contributed by atoms with Crippen molar-refractivity contribution >= 4 is 22.4 Å². The number of carbonyl (C=O) groups excluding carboxylic acids is 1. The van der Waals surface area contributed by atoms with Gasteiger partial charge in [-0.05, 0) is 47.5 Å². The fraction of sp³-hybridized carbons (Fsp3) is 0.261. The van der Waals surface area contributed by atoms with Gasteiger partial charge in [-0.3, -0.25) is 4.79 Å². The molecule has 0 aromatic heterocycles. The van der Waals surface area contributed by atoms with Crippen LogP contribution in [-0.4, -0.2) is 43.6 Å². The Morgan fingerprint density at radius 2 is 1.67 bits per heavy atom. The average molecular weight is 360 g/mol. The van der Waals surface area contributed by atoms with Gasteiger partial charge in [0.2, 0.25) is 0 Å². The lowest BCUT2D eigenvalue weighted by atomic mass is 10.1. The van der Waals surface area contributed by atoms with E-state index >= 15 is 0 Å². The molecule has 27 heavy (non-hydrogen) atoms. The first kappa shape index (κ1) is 17.4. The largest absolute Gasteiger partial charge is 0.484 e. The Bertz CT molecular complexity index is 946. The summed E-state index contributed by atoms with van der Waals surface area (Å²) >= 11 is 0. The second-order valence-electron chi connectivity index (χ2n) is 7.00. The summed E-state index contributed by atoms with van der Waals surface area (Å²) in [5.41, 5.74) is 2.49. The number of rotatable bonds is 4. The van der Waals surface area contributed by atoms with Crippen molar-refractivity contribution in [2.24, 2.45) is 0 Å². The number of ether oxygens (including phenoxy) is 1. The molecule has 1 heterocycles. The van der Waals surface area contributed by atoms with E-state index in [9.17, 15) is 4.79 Å². The molecule has 0 N–H and O–H groups in total. The van der Waals surface area contributed by atoms with Crippen LogP contribution in [0.5, 0.6) is 5.75 Å². The van der Waals surface area contributed by atoms with E-state index < -0.39 is 0 Å². The number of hydrogen-bond donors (Lipinski definition) is 0. The summed E-state index contributed by atoms with van der Waals surface area (Å²) < 4.78 is 5.75. The Hall–Kier alpha value is -3.01. The third kappa shape index (κ3) is 4.05. The maximum atomic E-state index is 12.5. The highest BCUT2D eigenvalue weighted by atomic mass is 16.5. The Morgan fingerprint density at radius 1 is 0.889 bits per heavy atom. The number of benzene rings is 3. The predicted octanol–water partition coefficient (Wildman–Crippen LogP) is 3.88. The van der Waals surface area contributed by atoms with E-state index in [1.807, 2.05) is 35.2 Å². The molecule has 4 nitrogen and oxygen atoms in total. The topological polar surface area (TPSA) is 32.8 Å². The van der Waals surface area contributed by atoms with Gasteiger partial charge in [-0.25, -0.2) is 0 Å². The van der Waals surface area contributed by atoms with E-state index in [-0.39, 0.29) is 12.5 Å². The van der Waals surface area contributed by atoms with Gasteiger partial charge in [0.1, 0.15) is 5.75 Å². The second kappa shape index (κ2) is 7.70. The van der Waals surface area contributed by atoms with Gasteiger partial charge in [-0.15, -0.1) is 0 Å². The predicted molar refractivity (Wildman–Crippen MR) is 109 cm³/mol. The minimum atomic E-state index is 0.0482. The van der Waals surface area contributed by atoms with Crippen molar-refractivity contribution in [1.29, 1.82) is 0 Å². The third-order valence-corrected chi connectivity index (χ3v) is 5.08. The Morgan fingerprint density at radius 3 is 2.44 bits per heavy atom. The molecule has 1 amide bonds. The van der Waals surface area contributed by atoms with Crippen molar-refractivity contribution in [1.82, 2.24) is 4.90 Å². The minimum absolute atomic E-state index is 0.0482. The van der Waals surface area contributed by atoms with Crippen molar-refractivity contribution in [2.75, 3.05) is 37.7 Å². The summed E-state index contributed by atoms with van der Waals surface area (Å²) in [6, 6.07) is 22.6. The summed E-state index contributed by atoms with van der Waals surface area (Å²) in [6.45, 7) is 5.36. The number of carbonyl (C=O) groups is 1. The zero-order valence-corrected chi connectivity index (χ0v) is 15.6. The first-order valence-electron chi connectivity index (χ1n) is 9.40. The van der Waals surface area contributed by atoms with E-state index in [0.29, 0.717) is 0 Å². The Kier molecular flexibility index (Phi) is 4.97. The molecule has 1 aliphatic rings. The molecule has 1 aliphatic heterocycles. The summed E-state index contributed by atoms with van der Waals surface area (Å²) in [4.78, 5) is 16.7. The van der Waals surface area contributed by atoms with Crippen LogP contribution in [0.3, 0.4) is 0 Å². The van der Waals surface area contributed by atoms with Crippen molar-refractivity contribution in [2.45, 2.75) is 6.92 Å². The Balaban J connectivity index is 1.31. The van der Waals surface area contributed by atoms with Crippen LogP contribution < -0.4 is 9.64 Å². The van der Waals surface area contributed by atoms with Crippen molar-refractivity contribution in [3.63, 3.8) is 0 Å². The van der Waals surface area contributed by atoms with E-state index in [0.717, 1.165) is 37.3 Å². The highest BCUT2D eigenvalue weighted by Gasteiger charge is 2.21. The zero-order valence-electron chi connectivity index (χ0n) is 15.6. The molecule has 0 bridgehead atoms. The third-order valence-electron chi connectivity index (χ3n) is 5.08. The second-order valence-corrected chi connectivity index (χ2v) is 7.00. The number of fused-ring (bicyclic) bond motifs is 1. The maximum Gasteiger partial charge on any atom is 0.260 e. The fourth-order valence-electron chi connectivity index (χ4n) is 3.53. The van der Waals surface area contributed by atoms with Gasteiger partial charge in [-0.1, -0.05) is 42.5 Å². The molecule has 4 rings (SSSR count). The number of hydrogen-bond acceptors (Lipinski definition) is 3. The van der Waals surface area contributed by atoms with Gasteiger partial charge >= 0.3 is 0 Å². The quantitative estimate of drug-likeness (QED) is 0.708. The van der Waals surface area contributed by atoms with Crippen molar-refractivity contribution in [3.8, 4) is 5.75 Å². The zero-order chi connectivity index (χ0) is 18.6. The van der Waals surface area contributed by atoms with Gasteiger partial charge in [0.05, 0.1) is 0 Å². The minimum Gasteiger partial charge on any atom is -0.484 e. The lowest BCUT2D eigenvalue weighted by Crippen LogP contribution is -2.50. The van der Waals surface area contributed by atoms with Crippen molar-refractivity contribution in [3.05, 3.63) is 72.3 Å². The molecule has 1 fully saturated rings. The van der Waals surface area contributed by atoms with Gasteiger partial charge in [-0.2, -0.15) is 0 Å². The molecule has 3 aromatic rings. The molecule has 0 atom stereocenters. The molecular formula is C23H24N2O2. The fourth-order valence-corrected chi connectivity index (χ4v) is 3.53. The van der Waals surface area contributed by atoms with Gasteiger partial charge in [0.25, 0.3) is 5.91 Å². The van der Waals surface area contributed by atoms with Crippen LogP contribution in [0.4, 0.5) is 5.69 Å². The summed E-state index contributed by atoms with van der Waals surface area (Å²) in [5.74, 6) is 0.785. The molecule has 0 saturated carbocycles. The van der Waals surface area contributed by atoms with E-state index in [2.05, 4.69) is 48.2 Å². The average Bonchev–Trinajstić information content (AvgIpc) is 2.72. The van der Waals surface area contributed by atoms with E-state index in [1.54, 1.807) is 0 Å². The molecule has 3 aromatic carbocycles. The number of aryl methyl sites for hydroxylation is 1. The summed E-state index contributed by atoms with van der Waals surface area (Å²) in [6.07, 6.45) is 0. The summed E-state index contributed by atoms with van der Waals surface area (Å²) in [7, 11) is 0. The lowest BCUT2D eigenvalue weighted by Gasteiger charge is -2.36. The van der Waals surface area contributed by atoms with E-state index in [1.165, 1.54) is 16.6 Å². The van der Waals surface area contributed by atoms with Gasteiger partial charge < -0.3 is 14.5 Å². The molecule has 0 spiro atoms. The van der Waals surface area contributed by atoms with Crippen LogP contribution in [0.2, 0.25) is 0 Å². The number of anilines is 1. The molecule has 4 heteroatoms. The molecular weight excluding hydrogens is 336 g/mol. The molecule has 0 radical (unpaired) electrons. The van der Waals surface area contributed by atoms with Gasteiger partial charge in [0.15, 0.2) is 6.61 Å². The van der Waals surface area contributed by atoms with Gasteiger partial charge in [0, 0.05) is 31.9 Å². The van der Waals surface area contributed by atoms with Crippen LogP contribution >= 0.6 is 0 Å². The van der Waals surface area contributed by atoms with E-state index in [4.69, 9.17) is 4.74 Å². The van der Waals surface area contributed by atoms with Crippen molar-refractivity contribution < 1.29 is 9.53 Å². The first-order valence-corrected chi connectivity index (χ1v) is 9.40. The highest BCUT2D eigenvalue weighted by molar-refractivity contribution is 5.84. The van der Waals surface area contributed by atoms with Crippen LogP contribution in [-0.2, 0) is 4.79 Å². The van der Waals surface area contributed by atoms with Crippen LogP contribution in [0.1, 0.15) is 5.56 Å². The smallest absolute Gasteiger partial charge is 0.260 e. The highest BCUT2D eigenvalue weighted by Crippen LogP contribution is 2.21. The number of piperazine rings is 1. The van der Waals surface area contributed by atoms with Crippen LogP contribution in [0.15, 0.2) is 66.7 Å².